The number of amides is 1. The maximum Gasteiger partial charge on any atom is 0.243 e. The van der Waals surface area contributed by atoms with Crippen molar-refractivity contribution in [3.8, 4) is 5.75 Å². The number of carbonyl (C=O) groups is 1. The first-order chi connectivity index (χ1) is 17.3. The van der Waals surface area contributed by atoms with E-state index in [4.69, 9.17) is 4.74 Å². The number of rotatable bonds is 9. The highest BCUT2D eigenvalue weighted by atomic mass is 32.2. The van der Waals surface area contributed by atoms with Gasteiger partial charge in [0.05, 0.1) is 11.5 Å². The molecule has 190 valence electrons. The molecule has 0 bridgehead atoms. The fourth-order valence-corrected chi connectivity index (χ4v) is 6.24. The maximum atomic E-state index is 13.8. The SMILES string of the molecule is CN(Cc1ccccc1)C(=O)C[C@]1(COc2ccccc2)CCCN(S(=O)(=O)c2cccc(F)c2)C1. The summed E-state index contributed by atoms with van der Waals surface area (Å²) in [6, 6.07) is 24.0. The van der Waals surface area contributed by atoms with Gasteiger partial charge in [-0.3, -0.25) is 4.79 Å². The summed E-state index contributed by atoms with van der Waals surface area (Å²) in [5.74, 6) is -0.0305. The van der Waals surface area contributed by atoms with E-state index >= 15 is 0 Å². The summed E-state index contributed by atoms with van der Waals surface area (Å²) in [4.78, 5) is 14.9. The lowest BCUT2D eigenvalue weighted by Gasteiger charge is -2.42. The van der Waals surface area contributed by atoms with Crippen LogP contribution in [0.5, 0.6) is 5.75 Å². The summed E-state index contributed by atoms with van der Waals surface area (Å²) in [6.07, 6.45) is 1.35. The van der Waals surface area contributed by atoms with Crippen molar-refractivity contribution in [2.24, 2.45) is 5.41 Å². The Bertz CT molecular complexity index is 1270. The number of ether oxygens (including phenoxy) is 1. The molecule has 1 aliphatic rings. The average Bonchev–Trinajstić information content (AvgIpc) is 2.89. The Morgan fingerprint density at radius 3 is 2.42 bits per heavy atom. The van der Waals surface area contributed by atoms with Crippen LogP contribution in [-0.2, 0) is 21.4 Å². The van der Waals surface area contributed by atoms with Crippen LogP contribution in [0, 0.1) is 11.2 Å². The van der Waals surface area contributed by atoms with E-state index in [1.807, 2.05) is 60.7 Å². The number of hydrogen-bond donors (Lipinski definition) is 0. The van der Waals surface area contributed by atoms with Crippen LogP contribution in [0.3, 0.4) is 0 Å². The molecule has 6 nitrogen and oxygen atoms in total. The van der Waals surface area contributed by atoms with Gasteiger partial charge in [0.1, 0.15) is 11.6 Å². The number of para-hydroxylation sites is 1. The lowest BCUT2D eigenvalue weighted by Crippen LogP contribution is -2.50. The zero-order valence-corrected chi connectivity index (χ0v) is 21.2. The zero-order chi connectivity index (χ0) is 25.6. The van der Waals surface area contributed by atoms with Crippen molar-refractivity contribution < 1.29 is 22.3 Å². The van der Waals surface area contributed by atoms with Crippen LogP contribution < -0.4 is 4.74 Å². The van der Waals surface area contributed by atoms with Crippen molar-refractivity contribution in [2.75, 3.05) is 26.7 Å². The molecular weight excluding hydrogens is 479 g/mol. The topological polar surface area (TPSA) is 66.9 Å². The van der Waals surface area contributed by atoms with E-state index in [0.717, 1.165) is 11.6 Å². The van der Waals surface area contributed by atoms with E-state index in [9.17, 15) is 17.6 Å². The maximum absolute atomic E-state index is 13.8. The number of hydrogen-bond acceptors (Lipinski definition) is 4. The first-order valence-corrected chi connectivity index (χ1v) is 13.4. The first kappa shape index (κ1) is 25.9. The lowest BCUT2D eigenvalue weighted by molar-refractivity contribution is -0.134. The molecule has 1 aliphatic heterocycles. The summed E-state index contributed by atoms with van der Waals surface area (Å²) in [6.45, 7) is 1.07. The van der Waals surface area contributed by atoms with Crippen LogP contribution in [0.2, 0.25) is 0 Å². The molecule has 1 fully saturated rings. The molecule has 0 aromatic heterocycles. The summed E-state index contributed by atoms with van der Waals surface area (Å²) in [7, 11) is -2.18. The predicted molar refractivity (Wildman–Crippen MR) is 136 cm³/mol. The van der Waals surface area contributed by atoms with Gasteiger partial charge >= 0.3 is 0 Å². The number of halogens is 1. The molecule has 0 spiro atoms. The van der Waals surface area contributed by atoms with Crippen LogP contribution in [0.4, 0.5) is 4.39 Å². The standard InChI is InChI=1S/C28H31FN2O4S/c1-30(20-23-10-4-2-5-11-23)27(32)19-28(22-35-25-13-6-3-7-14-25)16-9-17-31(21-28)36(33,34)26-15-8-12-24(29)18-26/h2-8,10-15,18H,9,16-17,19-22H2,1H3/t28-/m1/s1. The van der Waals surface area contributed by atoms with Crippen molar-refractivity contribution >= 4 is 15.9 Å². The predicted octanol–water partition coefficient (Wildman–Crippen LogP) is 4.72. The molecule has 3 aromatic carbocycles. The Morgan fingerprint density at radius 2 is 1.72 bits per heavy atom. The molecular formula is C28H31FN2O4S. The fourth-order valence-electron chi connectivity index (χ4n) is 4.61. The molecule has 0 radical (unpaired) electrons. The van der Waals surface area contributed by atoms with Gasteiger partial charge in [0.2, 0.25) is 15.9 Å². The molecule has 4 rings (SSSR count). The van der Waals surface area contributed by atoms with Crippen molar-refractivity contribution in [2.45, 2.75) is 30.7 Å². The van der Waals surface area contributed by atoms with Crippen molar-refractivity contribution in [1.29, 1.82) is 0 Å². The van der Waals surface area contributed by atoms with Gasteiger partial charge in [-0.25, -0.2) is 12.8 Å². The molecule has 0 N–H and O–H groups in total. The van der Waals surface area contributed by atoms with Gasteiger partial charge in [-0.2, -0.15) is 4.31 Å². The summed E-state index contributed by atoms with van der Waals surface area (Å²) >= 11 is 0. The third-order valence-corrected chi connectivity index (χ3v) is 8.40. The quantitative estimate of drug-likeness (QED) is 0.418. The number of piperidine rings is 1. The minimum atomic E-state index is -3.93. The van der Waals surface area contributed by atoms with E-state index in [0.29, 0.717) is 31.7 Å². The second-order valence-corrected chi connectivity index (χ2v) is 11.4. The van der Waals surface area contributed by atoms with Gasteiger partial charge in [0, 0.05) is 38.5 Å². The van der Waals surface area contributed by atoms with Gasteiger partial charge in [-0.1, -0.05) is 54.6 Å². The molecule has 0 aliphatic carbocycles. The van der Waals surface area contributed by atoms with Gasteiger partial charge in [0.25, 0.3) is 0 Å². The molecule has 36 heavy (non-hydrogen) atoms. The Labute approximate surface area is 212 Å². The third-order valence-electron chi connectivity index (χ3n) is 6.56. The van der Waals surface area contributed by atoms with Crippen LogP contribution in [-0.4, -0.2) is 50.3 Å². The van der Waals surface area contributed by atoms with E-state index in [1.54, 1.807) is 11.9 Å². The smallest absolute Gasteiger partial charge is 0.243 e. The monoisotopic (exact) mass is 510 g/mol. The van der Waals surface area contributed by atoms with Gasteiger partial charge < -0.3 is 9.64 Å². The molecule has 0 saturated carbocycles. The lowest BCUT2D eigenvalue weighted by atomic mass is 9.78. The minimum absolute atomic E-state index is 0.0829. The molecule has 1 heterocycles. The van der Waals surface area contributed by atoms with E-state index in [2.05, 4.69) is 0 Å². The second-order valence-electron chi connectivity index (χ2n) is 9.41. The summed E-state index contributed by atoms with van der Waals surface area (Å²) in [5, 5.41) is 0. The Hall–Kier alpha value is -3.23. The van der Waals surface area contributed by atoms with Gasteiger partial charge in [-0.15, -0.1) is 0 Å². The zero-order valence-electron chi connectivity index (χ0n) is 20.3. The van der Waals surface area contributed by atoms with E-state index < -0.39 is 21.3 Å². The van der Waals surface area contributed by atoms with Gasteiger partial charge in [-0.05, 0) is 48.7 Å². The van der Waals surface area contributed by atoms with Gasteiger partial charge in [0.15, 0.2) is 0 Å². The second kappa shape index (κ2) is 11.2. The Kier molecular flexibility index (Phi) is 8.06. The highest BCUT2D eigenvalue weighted by Gasteiger charge is 2.43. The van der Waals surface area contributed by atoms with Crippen molar-refractivity contribution in [3.05, 3.63) is 96.3 Å². The highest BCUT2D eigenvalue weighted by molar-refractivity contribution is 7.89. The summed E-state index contributed by atoms with van der Waals surface area (Å²) < 4.78 is 48.0. The number of carbonyl (C=O) groups excluding carboxylic acids is 1. The molecule has 0 unspecified atom stereocenters. The molecule has 8 heteroatoms. The third kappa shape index (κ3) is 6.30. The minimum Gasteiger partial charge on any atom is -0.493 e. The highest BCUT2D eigenvalue weighted by Crippen LogP contribution is 2.37. The Balaban J connectivity index is 1.57. The fraction of sp³-hybridized carbons (Fsp3) is 0.321. The number of benzene rings is 3. The van der Waals surface area contributed by atoms with Crippen LogP contribution >= 0.6 is 0 Å². The number of sulfonamides is 1. The van der Waals surface area contributed by atoms with Crippen LogP contribution in [0.15, 0.2) is 89.8 Å². The van der Waals surface area contributed by atoms with Crippen molar-refractivity contribution in [1.82, 2.24) is 9.21 Å². The average molecular weight is 511 g/mol. The van der Waals surface area contributed by atoms with Crippen LogP contribution in [0.1, 0.15) is 24.8 Å². The van der Waals surface area contributed by atoms with E-state index in [1.165, 1.54) is 22.5 Å². The molecule has 1 atom stereocenters. The molecule has 1 amide bonds. The van der Waals surface area contributed by atoms with Crippen LogP contribution in [0.25, 0.3) is 0 Å². The van der Waals surface area contributed by atoms with E-state index in [-0.39, 0.29) is 30.4 Å². The number of nitrogens with zero attached hydrogens (tertiary/aromatic N) is 2. The Morgan fingerprint density at radius 1 is 1.03 bits per heavy atom. The first-order valence-electron chi connectivity index (χ1n) is 12.0. The molecule has 3 aromatic rings. The normalized spacial score (nSPS) is 18.5. The van der Waals surface area contributed by atoms with Crippen molar-refractivity contribution in [3.63, 3.8) is 0 Å². The molecule has 1 saturated heterocycles. The summed E-state index contributed by atoms with van der Waals surface area (Å²) in [5.41, 5.74) is 0.290. The largest absolute Gasteiger partial charge is 0.493 e.